The molecule has 6 nitrogen and oxygen atoms in total. The molecule has 0 fully saturated rings. The lowest BCUT2D eigenvalue weighted by atomic mass is 10.0. The fourth-order valence-electron chi connectivity index (χ4n) is 3.68. The SMILES string of the molecule is CC(=O)N1CCc2c(sc(NC(=O)C(Sc3cccc(N)c3)c3ccccc3)c2C#N)C1. The minimum absolute atomic E-state index is 0.0100. The molecule has 1 unspecified atom stereocenters. The quantitative estimate of drug-likeness (QED) is 0.427. The molecule has 0 spiro atoms. The number of carbonyl (C=O) groups is 2. The maximum Gasteiger partial charge on any atom is 0.243 e. The molecule has 1 aliphatic rings. The normalized spacial score (nSPS) is 13.7. The molecule has 0 saturated carbocycles. The number of anilines is 2. The van der Waals surface area contributed by atoms with Crippen molar-refractivity contribution in [1.29, 1.82) is 5.26 Å². The van der Waals surface area contributed by atoms with E-state index < -0.39 is 5.25 Å². The summed E-state index contributed by atoms with van der Waals surface area (Å²) in [6.07, 6.45) is 0.615. The van der Waals surface area contributed by atoms with E-state index in [4.69, 9.17) is 5.73 Å². The lowest BCUT2D eigenvalue weighted by Crippen LogP contribution is -2.33. The van der Waals surface area contributed by atoms with Gasteiger partial charge in [-0.2, -0.15) is 5.26 Å². The zero-order chi connectivity index (χ0) is 22.7. The van der Waals surface area contributed by atoms with Gasteiger partial charge in [-0.15, -0.1) is 23.1 Å². The van der Waals surface area contributed by atoms with Crippen LogP contribution < -0.4 is 11.1 Å². The van der Waals surface area contributed by atoms with Crippen molar-refractivity contribution in [3.8, 4) is 6.07 Å². The largest absolute Gasteiger partial charge is 0.399 e. The molecule has 3 aromatic rings. The highest BCUT2D eigenvalue weighted by molar-refractivity contribution is 8.00. The van der Waals surface area contributed by atoms with Crippen LogP contribution in [0.1, 0.15) is 33.7 Å². The van der Waals surface area contributed by atoms with Crippen molar-refractivity contribution in [2.45, 2.75) is 30.0 Å². The maximum atomic E-state index is 13.4. The predicted octanol–water partition coefficient (Wildman–Crippen LogP) is 4.58. The highest BCUT2D eigenvalue weighted by atomic mass is 32.2. The fraction of sp³-hybridized carbons (Fsp3) is 0.208. The molecule has 0 saturated heterocycles. The van der Waals surface area contributed by atoms with E-state index in [1.54, 1.807) is 17.9 Å². The number of hydrogen-bond donors (Lipinski definition) is 2. The molecule has 2 amide bonds. The number of amides is 2. The molecule has 0 aliphatic carbocycles. The van der Waals surface area contributed by atoms with Crippen LogP contribution in [-0.4, -0.2) is 23.3 Å². The van der Waals surface area contributed by atoms with Crippen LogP contribution in [0.25, 0.3) is 0 Å². The van der Waals surface area contributed by atoms with Crippen LogP contribution in [0.5, 0.6) is 0 Å². The average molecular weight is 463 g/mol. The fourth-order valence-corrected chi connectivity index (χ4v) is 5.99. The standard InChI is InChI=1S/C24H22N4O2S2/c1-15(29)28-11-10-19-20(13-25)24(32-21(19)14-28)27-23(30)22(16-6-3-2-4-7-16)31-18-9-5-8-17(26)12-18/h2-9,12,22H,10-11,14,26H2,1H3,(H,27,30). The Morgan fingerprint density at radius 2 is 2.00 bits per heavy atom. The topological polar surface area (TPSA) is 99.2 Å². The number of hydrogen-bond acceptors (Lipinski definition) is 6. The predicted molar refractivity (Wildman–Crippen MR) is 128 cm³/mol. The first-order chi connectivity index (χ1) is 15.5. The lowest BCUT2D eigenvalue weighted by molar-refractivity contribution is -0.129. The van der Waals surface area contributed by atoms with E-state index in [1.807, 2.05) is 48.5 Å². The van der Waals surface area contributed by atoms with Crippen molar-refractivity contribution in [3.05, 3.63) is 76.2 Å². The third-order valence-electron chi connectivity index (χ3n) is 5.30. The average Bonchev–Trinajstić information content (AvgIpc) is 3.14. The van der Waals surface area contributed by atoms with Gasteiger partial charge in [-0.1, -0.05) is 36.4 Å². The minimum atomic E-state index is -0.516. The van der Waals surface area contributed by atoms with Gasteiger partial charge in [0.1, 0.15) is 16.3 Å². The van der Waals surface area contributed by atoms with Crippen molar-refractivity contribution >= 4 is 45.6 Å². The van der Waals surface area contributed by atoms with Gasteiger partial charge in [-0.05, 0) is 35.7 Å². The van der Waals surface area contributed by atoms with Gasteiger partial charge in [0, 0.05) is 28.9 Å². The van der Waals surface area contributed by atoms with E-state index >= 15 is 0 Å². The molecule has 1 aromatic heterocycles. The number of thioether (sulfide) groups is 1. The summed E-state index contributed by atoms with van der Waals surface area (Å²) in [6.45, 7) is 2.60. The molecule has 32 heavy (non-hydrogen) atoms. The van der Waals surface area contributed by atoms with E-state index in [2.05, 4.69) is 11.4 Å². The Kier molecular flexibility index (Phi) is 6.49. The van der Waals surface area contributed by atoms with E-state index in [1.165, 1.54) is 23.1 Å². The van der Waals surface area contributed by atoms with Gasteiger partial charge in [0.2, 0.25) is 11.8 Å². The summed E-state index contributed by atoms with van der Waals surface area (Å²) in [5.74, 6) is -0.196. The summed E-state index contributed by atoms with van der Waals surface area (Å²) < 4.78 is 0. The number of rotatable bonds is 5. The third kappa shape index (κ3) is 4.64. The minimum Gasteiger partial charge on any atom is -0.399 e. The molecule has 0 radical (unpaired) electrons. The number of nitrogen functional groups attached to an aromatic ring is 1. The molecule has 162 valence electrons. The summed E-state index contributed by atoms with van der Waals surface area (Å²) in [6, 6.07) is 19.2. The second-order valence-electron chi connectivity index (χ2n) is 7.48. The highest BCUT2D eigenvalue weighted by Crippen LogP contribution is 2.40. The molecule has 1 aliphatic heterocycles. The Labute approximate surface area is 195 Å². The molecule has 2 heterocycles. The third-order valence-corrected chi connectivity index (χ3v) is 7.68. The first kappa shape index (κ1) is 21.9. The number of nitriles is 1. The van der Waals surface area contributed by atoms with Gasteiger partial charge in [-0.25, -0.2) is 0 Å². The van der Waals surface area contributed by atoms with Gasteiger partial charge in [-0.3, -0.25) is 9.59 Å². The van der Waals surface area contributed by atoms with E-state index in [9.17, 15) is 14.9 Å². The van der Waals surface area contributed by atoms with Crippen LogP contribution in [0, 0.1) is 11.3 Å². The van der Waals surface area contributed by atoms with Crippen molar-refractivity contribution < 1.29 is 9.59 Å². The molecule has 2 aromatic carbocycles. The number of nitrogens with one attached hydrogen (secondary N) is 1. The summed E-state index contributed by atoms with van der Waals surface area (Å²) in [5, 5.41) is 12.8. The van der Waals surface area contributed by atoms with Gasteiger partial charge in [0.15, 0.2) is 0 Å². The number of carbonyl (C=O) groups excluding carboxylic acids is 2. The Hall–Kier alpha value is -3.28. The van der Waals surface area contributed by atoms with Crippen molar-refractivity contribution in [3.63, 3.8) is 0 Å². The smallest absolute Gasteiger partial charge is 0.243 e. The second kappa shape index (κ2) is 9.47. The van der Waals surface area contributed by atoms with Crippen LogP contribution in [0.2, 0.25) is 0 Å². The number of benzene rings is 2. The molecule has 0 bridgehead atoms. The maximum absolute atomic E-state index is 13.4. The van der Waals surface area contributed by atoms with Crippen molar-refractivity contribution in [2.75, 3.05) is 17.6 Å². The van der Waals surface area contributed by atoms with Crippen LogP contribution in [0.3, 0.4) is 0 Å². The van der Waals surface area contributed by atoms with E-state index in [-0.39, 0.29) is 11.8 Å². The Morgan fingerprint density at radius 3 is 2.69 bits per heavy atom. The molecule has 4 rings (SSSR count). The monoisotopic (exact) mass is 462 g/mol. The van der Waals surface area contributed by atoms with E-state index in [0.717, 1.165) is 20.9 Å². The van der Waals surface area contributed by atoms with Crippen LogP contribution in [0.15, 0.2) is 59.5 Å². The Morgan fingerprint density at radius 1 is 1.22 bits per heavy atom. The van der Waals surface area contributed by atoms with E-state index in [0.29, 0.717) is 35.8 Å². The molecule has 3 N–H and O–H groups in total. The Bertz CT molecular complexity index is 1200. The summed E-state index contributed by atoms with van der Waals surface area (Å²) in [4.78, 5) is 28.8. The first-order valence-corrected chi connectivity index (χ1v) is 11.8. The van der Waals surface area contributed by atoms with Gasteiger partial charge < -0.3 is 16.0 Å². The summed E-state index contributed by atoms with van der Waals surface area (Å²) >= 11 is 2.79. The molecule has 1 atom stereocenters. The van der Waals surface area contributed by atoms with Gasteiger partial charge in [0.05, 0.1) is 12.1 Å². The summed E-state index contributed by atoms with van der Waals surface area (Å²) in [5.41, 5.74) is 8.86. The molecular weight excluding hydrogens is 440 g/mol. The van der Waals surface area contributed by atoms with Crippen LogP contribution in [0.4, 0.5) is 10.7 Å². The van der Waals surface area contributed by atoms with Crippen LogP contribution in [-0.2, 0) is 22.6 Å². The van der Waals surface area contributed by atoms with Crippen molar-refractivity contribution in [2.24, 2.45) is 0 Å². The molecule has 8 heteroatoms. The van der Waals surface area contributed by atoms with Gasteiger partial charge in [0.25, 0.3) is 0 Å². The zero-order valence-corrected chi connectivity index (χ0v) is 19.1. The molecular formula is C24H22N4O2S2. The number of nitrogens with zero attached hydrogens (tertiary/aromatic N) is 2. The second-order valence-corrected chi connectivity index (χ2v) is 9.76. The van der Waals surface area contributed by atoms with Gasteiger partial charge >= 0.3 is 0 Å². The first-order valence-electron chi connectivity index (χ1n) is 10.1. The van der Waals surface area contributed by atoms with Crippen molar-refractivity contribution in [1.82, 2.24) is 4.90 Å². The Balaban J connectivity index is 1.63. The zero-order valence-electron chi connectivity index (χ0n) is 17.5. The summed E-state index contributed by atoms with van der Waals surface area (Å²) in [7, 11) is 0. The number of nitrogens with two attached hydrogens (primary N) is 1. The number of thiophene rings is 1. The van der Waals surface area contributed by atoms with Crippen LogP contribution >= 0.6 is 23.1 Å². The number of fused-ring (bicyclic) bond motifs is 1. The highest BCUT2D eigenvalue weighted by Gasteiger charge is 2.28. The lowest BCUT2D eigenvalue weighted by Gasteiger charge is -2.25.